The molecule has 7 nitrogen and oxygen atoms in total. The summed E-state index contributed by atoms with van der Waals surface area (Å²) in [6.07, 6.45) is 4.34. The van der Waals surface area contributed by atoms with Gasteiger partial charge >= 0.3 is 0 Å². The second-order valence-electron chi connectivity index (χ2n) is 5.62. The van der Waals surface area contributed by atoms with E-state index < -0.39 is 10.8 Å². The number of carbonyl (C=O) groups excluding carboxylic acids is 1. The SMILES string of the molecule is O=C(C[S@](=O)Cc1nnnn1-c1ccccc1)NC1CCCC1. The molecule has 1 aliphatic carbocycles. The van der Waals surface area contributed by atoms with Crippen LogP contribution in [0.3, 0.4) is 0 Å². The molecule has 1 aliphatic rings. The summed E-state index contributed by atoms with van der Waals surface area (Å²) >= 11 is 0. The lowest BCUT2D eigenvalue weighted by molar-refractivity contribution is -0.119. The molecule has 1 amide bonds. The van der Waals surface area contributed by atoms with Gasteiger partial charge in [0.25, 0.3) is 0 Å². The summed E-state index contributed by atoms with van der Waals surface area (Å²) in [5.74, 6) is 0.468. The molecule has 1 aromatic carbocycles. The van der Waals surface area contributed by atoms with E-state index in [-0.39, 0.29) is 23.5 Å². The van der Waals surface area contributed by atoms with Crippen molar-refractivity contribution in [1.29, 1.82) is 0 Å². The summed E-state index contributed by atoms with van der Waals surface area (Å²) in [5, 5.41) is 14.4. The molecule has 1 atom stereocenters. The molecule has 1 fully saturated rings. The maximum absolute atomic E-state index is 12.2. The zero-order chi connectivity index (χ0) is 16.1. The first-order valence-electron chi connectivity index (χ1n) is 7.69. The molecule has 1 saturated carbocycles. The van der Waals surface area contributed by atoms with Gasteiger partial charge in [0.15, 0.2) is 5.82 Å². The number of hydrogen-bond donors (Lipinski definition) is 1. The minimum atomic E-state index is -1.34. The van der Waals surface area contributed by atoms with Crippen LogP contribution in [0.2, 0.25) is 0 Å². The standard InChI is InChI=1S/C15H19N5O2S/c21-15(16-12-6-4-5-7-12)11-23(22)10-14-17-18-19-20(14)13-8-2-1-3-9-13/h1-3,8-9,12H,4-7,10-11H2,(H,16,21)/t23-/m1/s1. The van der Waals surface area contributed by atoms with Gasteiger partial charge in [-0.1, -0.05) is 31.0 Å². The first kappa shape index (κ1) is 15.8. The Morgan fingerprint density at radius 1 is 1.26 bits per heavy atom. The van der Waals surface area contributed by atoms with Crippen molar-refractivity contribution >= 4 is 16.7 Å². The monoisotopic (exact) mass is 333 g/mol. The summed E-state index contributed by atoms with van der Waals surface area (Å²) in [7, 11) is -1.34. The van der Waals surface area contributed by atoms with Gasteiger partial charge < -0.3 is 5.32 Å². The highest BCUT2D eigenvalue weighted by Gasteiger charge is 2.19. The third kappa shape index (κ3) is 4.22. The van der Waals surface area contributed by atoms with Crippen molar-refractivity contribution in [3.63, 3.8) is 0 Å². The molecule has 0 bridgehead atoms. The van der Waals surface area contributed by atoms with Gasteiger partial charge in [-0.05, 0) is 35.4 Å². The molecule has 8 heteroatoms. The van der Waals surface area contributed by atoms with Gasteiger partial charge in [-0.25, -0.2) is 0 Å². The van der Waals surface area contributed by atoms with Crippen molar-refractivity contribution in [1.82, 2.24) is 25.5 Å². The Labute approximate surface area is 136 Å². The van der Waals surface area contributed by atoms with Gasteiger partial charge in [0.05, 0.1) is 11.4 Å². The van der Waals surface area contributed by atoms with Crippen molar-refractivity contribution in [2.24, 2.45) is 0 Å². The quantitative estimate of drug-likeness (QED) is 0.851. The van der Waals surface area contributed by atoms with Crippen LogP contribution in [0.25, 0.3) is 5.69 Å². The second-order valence-corrected chi connectivity index (χ2v) is 7.08. The zero-order valence-corrected chi connectivity index (χ0v) is 13.5. The molecule has 1 aromatic heterocycles. The fourth-order valence-electron chi connectivity index (χ4n) is 2.75. The molecular formula is C15H19N5O2S. The number of para-hydroxylation sites is 1. The third-order valence-electron chi connectivity index (χ3n) is 3.84. The van der Waals surface area contributed by atoms with Crippen LogP contribution in [0.4, 0.5) is 0 Å². The number of rotatable bonds is 6. The highest BCUT2D eigenvalue weighted by molar-refractivity contribution is 7.84. The van der Waals surface area contributed by atoms with E-state index in [2.05, 4.69) is 20.8 Å². The number of nitrogens with one attached hydrogen (secondary N) is 1. The molecule has 1 heterocycles. The van der Waals surface area contributed by atoms with Crippen LogP contribution in [-0.4, -0.2) is 42.1 Å². The number of benzene rings is 1. The van der Waals surface area contributed by atoms with Gasteiger partial charge in [0, 0.05) is 16.8 Å². The summed E-state index contributed by atoms with van der Waals surface area (Å²) in [4.78, 5) is 11.9. The lowest BCUT2D eigenvalue weighted by Crippen LogP contribution is -2.36. The predicted octanol–water partition coefficient (Wildman–Crippen LogP) is 0.970. The highest BCUT2D eigenvalue weighted by atomic mass is 32.2. The second kappa shape index (κ2) is 7.45. The number of nitrogens with zero attached hydrogens (tertiary/aromatic N) is 4. The van der Waals surface area contributed by atoms with E-state index in [4.69, 9.17) is 0 Å². The summed E-state index contributed by atoms with van der Waals surface area (Å²) in [6.45, 7) is 0. The summed E-state index contributed by atoms with van der Waals surface area (Å²) in [5.41, 5.74) is 0.805. The van der Waals surface area contributed by atoms with E-state index >= 15 is 0 Å². The van der Waals surface area contributed by atoms with Gasteiger partial charge in [0.2, 0.25) is 5.91 Å². The van der Waals surface area contributed by atoms with Gasteiger partial charge in [-0.15, -0.1) is 5.10 Å². The lowest BCUT2D eigenvalue weighted by atomic mass is 10.2. The van der Waals surface area contributed by atoms with E-state index in [0.29, 0.717) is 5.82 Å². The fraction of sp³-hybridized carbons (Fsp3) is 0.467. The molecule has 1 N–H and O–H groups in total. The van der Waals surface area contributed by atoms with Crippen LogP contribution in [0, 0.1) is 0 Å². The predicted molar refractivity (Wildman–Crippen MR) is 86.3 cm³/mol. The van der Waals surface area contributed by atoms with E-state index in [9.17, 15) is 9.00 Å². The van der Waals surface area contributed by atoms with Crippen LogP contribution in [0.1, 0.15) is 31.5 Å². The Balaban J connectivity index is 1.58. The zero-order valence-electron chi connectivity index (χ0n) is 12.7. The fourth-order valence-corrected chi connectivity index (χ4v) is 3.69. The van der Waals surface area contributed by atoms with E-state index in [1.165, 1.54) is 0 Å². The average molecular weight is 333 g/mol. The molecule has 2 aromatic rings. The Hall–Kier alpha value is -2.09. The van der Waals surface area contributed by atoms with Gasteiger partial charge in [-0.3, -0.25) is 9.00 Å². The summed E-state index contributed by atoms with van der Waals surface area (Å²) in [6, 6.07) is 9.65. The minimum Gasteiger partial charge on any atom is -0.353 e. The molecular weight excluding hydrogens is 314 g/mol. The number of carbonyl (C=O) groups is 1. The highest BCUT2D eigenvalue weighted by Crippen LogP contribution is 2.17. The maximum atomic E-state index is 12.2. The van der Waals surface area contributed by atoms with Gasteiger partial charge in [0.1, 0.15) is 5.75 Å². The molecule has 0 unspecified atom stereocenters. The van der Waals surface area contributed by atoms with Crippen LogP contribution in [0.5, 0.6) is 0 Å². The molecule has 0 spiro atoms. The smallest absolute Gasteiger partial charge is 0.232 e. The molecule has 0 saturated heterocycles. The molecule has 122 valence electrons. The Kier molecular flexibility index (Phi) is 5.12. The minimum absolute atomic E-state index is 0.0157. The van der Waals surface area contributed by atoms with Crippen molar-refractivity contribution in [3.05, 3.63) is 36.2 Å². The normalized spacial score (nSPS) is 16.3. The van der Waals surface area contributed by atoms with E-state index in [1.807, 2.05) is 30.3 Å². The molecule has 0 radical (unpaired) electrons. The first-order chi connectivity index (χ1) is 11.2. The van der Waals surface area contributed by atoms with Crippen LogP contribution >= 0.6 is 0 Å². The molecule has 0 aliphatic heterocycles. The largest absolute Gasteiger partial charge is 0.353 e. The first-order valence-corrected chi connectivity index (χ1v) is 9.18. The third-order valence-corrected chi connectivity index (χ3v) is 5.00. The van der Waals surface area contributed by atoms with Gasteiger partial charge in [-0.2, -0.15) is 4.68 Å². The van der Waals surface area contributed by atoms with Crippen molar-refractivity contribution < 1.29 is 9.00 Å². The Morgan fingerprint density at radius 2 is 2.00 bits per heavy atom. The van der Waals surface area contributed by atoms with E-state index in [0.717, 1.165) is 31.4 Å². The number of tetrazole rings is 1. The average Bonchev–Trinajstić information content (AvgIpc) is 3.19. The van der Waals surface area contributed by atoms with Crippen LogP contribution in [0.15, 0.2) is 30.3 Å². The maximum Gasteiger partial charge on any atom is 0.232 e. The Morgan fingerprint density at radius 3 is 2.74 bits per heavy atom. The van der Waals surface area contributed by atoms with Crippen LogP contribution < -0.4 is 5.32 Å². The number of aromatic nitrogens is 4. The van der Waals surface area contributed by atoms with Crippen molar-refractivity contribution in [2.75, 3.05) is 5.75 Å². The number of hydrogen-bond acceptors (Lipinski definition) is 5. The number of amides is 1. The topological polar surface area (TPSA) is 89.8 Å². The molecule has 23 heavy (non-hydrogen) atoms. The lowest BCUT2D eigenvalue weighted by Gasteiger charge is -2.11. The van der Waals surface area contributed by atoms with Crippen molar-refractivity contribution in [3.8, 4) is 5.69 Å². The Bertz CT molecular complexity index is 682. The van der Waals surface area contributed by atoms with Crippen molar-refractivity contribution in [2.45, 2.75) is 37.5 Å². The van der Waals surface area contributed by atoms with E-state index in [1.54, 1.807) is 4.68 Å². The van der Waals surface area contributed by atoms with Crippen LogP contribution in [-0.2, 0) is 21.3 Å². The summed E-state index contributed by atoms with van der Waals surface area (Å²) < 4.78 is 13.8. The molecule has 3 rings (SSSR count).